The summed E-state index contributed by atoms with van der Waals surface area (Å²) >= 11 is 0. The lowest BCUT2D eigenvalue weighted by Crippen LogP contribution is -2.44. The number of hydrogen-bond acceptors (Lipinski definition) is 4. The molecule has 0 aliphatic heterocycles. The number of anilines is 1. The van der Waals surface area contributed by atoms with Gasteiger partial charge >= 0.3 is 5.97 Å². The standard InChI is InChI=1S/C28H26N2O5S/c1-18(2)26(28(32)33)29-27(31)24-15-13-22(19-8-4-3-5-9-19)17-25(24)30-36(34,35)23-14-12-20-10-6-7-11-21(20)16-23/h3-18,26,30H,1-2H3,(H,29,31)(H,32,33). The van der Waals surface area contributed by atoms with Gasteiger partial charge in [0.1, 0.15) is 6.04 Å². The van der Waals surface area contributed by atoms with E-state index in [1.54, 1.807) is 38.1 Å². The third kappa shape index (κ3) is 5.39. The normalized spacial score (nSPS) is 12.3. The van der Waals surface area contributed by atoms with Crippen molar-refractivity contribution in [3.05, 3.63) is 96.6 Å². The molecule has 0 aromatic heterocycles. The third-order valence-corrected chi connectivity index (χ3v) is 7.23. The van der Waals surface area contributed by atoms with Crippen molar-refractivity contribution in [2.24, 2.45) is 5.92 Å². The van der Waals surface area contributed by atoms with Crippen molar-refractivity contribution in [3.63, 3.8) is 0 Å². The lowest BCUT2D eigenvalue weighted by atomic mass is 10.0. The minimum absolute atomic E-state index is 0.0194. The van der Waals surface area contributed by atoms with Gasteiger partial charge in [-0.3, -0.25) is 9.52 Å². The first-order chi connectivity index (χ1) is 17.2. The minimum Gasteiger partial charge on any atom is -0.480 e. The zero-order valence-corrected chi connectivity index (χ0v) is 20.6. The van der Waals surface area contributed by atoms with Gasteiger partial charge in [0.05, 0.1) is 16.1 Å². The number of carbonyl (C=O) groups is 2. The van der Waals surface area contributed by atoms with Crippen LogP contribution in [0.15, 0.2) is 95.9 Å². The molecule has 3 N–H and O–H groups in total. The number of sulfonamides is 1. The molecule has 36 heavy (non-hydrogen) atoms. The van der Waals surface area contributed by atoms with Crippen LogP contribution in [0.1, 0.15) is 24.2 Å². The highest BCUT2D eigenvalue weighted by atomic mass is 32.2. The molecule has 1 atom stereocenters. The fourth-order valence-electron chi connectivity index (χ4n) is 3.91. The highest BCUT2D eigenvalue weighted by Gasteiger charge is 2.26. The van der Waals surface area contributed by atoms with Crippen molar-refractivity contribution in [2.75, 3.05) is 4.72 Å². The average Bonchev–Trinajstić information content (AvgIpc) is 2.86. The number of hydrogen-bond donors (Lipinski definition) is 3. The predicted octanol–water partition coefficient (Wildman–Crippen LogP) is 5.15. The molecular weight excluding hydrogens is 476 g/mol. The monoisotopic (exact) mass is 502 g/mol. The van der Waals surface area contributed by atoms with E-state index in [1.165, 1.54) is 12.1 Å². The fraction of sp³-hybridized carbons (Fsp3) is 0.143. The number of carboxylic acids is 1. The summed E-state index contributed by atoms with van der Waals surface area (Å²) in [5.74, 6) is -2.22. The van der Waals surface area contributed by atoms with Gasteiger partial charge in [0, 0.05) is 0 Å². The van der Waals surface area contributed by atoms with Crippen LogP contribution in [0, 0.1) is 5.92 Å². The predicted molar refractivity (Wildman–Crippen MR) is 140 cm³/mol. The minimum atomic E-state index is -4.07. The van der Waals surface area contributed by atoms with Crippen LogP contribution in [-0.4, -0.2) is 31.4 Å². The maximum Gasteiger partial charge on any atom is 0.326 e. The zero-order chi connectivity index (χ0) is 25.9. The summed E-state index contributed by atoms with van der Waals surface area (Å²) in [6, 6.07) is 25.2. The summed E-state index contributed by atoms with van der Waals surface area (Å²) in [6.45, 7) is 3.36. The number of fused-ring (bicyclic) bond motifs is 1. The number of carbonyl (C=O) groups excluding carboxylic acids is 1. The molecule has 1 unspecified atom stereocenters. The lowest BCUT2D eigenvalue weighted by Gasteiger charge is -2.20. The number of rotatable bonds is 8. The van der Waals surface area contributed by atoms with E-state index in [9.17, 15) is 23.1 Å². The Bertz CT molecular complexity index is 1530. The molecule has 184 valence electrons. The van der Waals surface area contributed by atoms with Crippen LogP contribution < -0.4 is 10.0 Å². The van der Waals surface area contributed by atoms with E-state index in [1.807, 2.05) is 54.6 Å². The number of aliphatic carboxylic acids is 1. The summed E-state index contributed by atoms with van der Waals surface area (Å²) in [6.07, 6.45) is 0. The maximum absolute atomic E-state index is 13.4. The van der Waals surface area contributed by atoms with Crippen molar-refractivity contribution in [1.82, 2.24) is 5.32 Å². The lowest BCUT2D eigenvalue weighted by molar-refractivity contribution is -0.140. The molecule has 0 bridgehead atoms. The van der Waals surface area contributed by atoms with E-state index in [0.717, 1.165) is 16.3 Å². The van der Waals surface area contributed by atoms with Crippen molar-refractivity contribution >= 4 is 38.4 Å². The van der Waals surface area contributed by atoms with Crippen molar-refractivity contribution in [1.29, 1.82) is 0 Å². The second-order valence-electron chi connectivity index (χ2n) is 8.77. The Kier molecular flexibility index (Phi) is 7.07. The van der Waals surface area contributed by atoms with E-state index >= 15 is 0 Å². The summed E-state index contributed by atoms with van der Waals surface area (Å²) < 4.78 is 29.3. The molecule has 7 nitrogen and oxygen atoms in total. The Morgan fingerprint density at radius 2 is 1.44 bits per heavy atom. The number of benzene rings is 4. The van der Waals surface area contributed by atoms with Gasteiger partial charge in [-0.15, -0.1) is 0 Å². The van der Waals surface area contributed by atoms with Gasteiger partial charge in [-0.05, 0) is 52.1 Å². The Hall–Kier alpha value is -4.17. The number of amides is 1. The van der Waals surface area contributed by atoms with Crippen LogP contribution >= 0.6 is 0 Å². The smallest absolute Gasteiger partial charge is 0.326 e. The first-order valence-electron chi connectivity index (χ1n) is 11.4. The van der Waals surface area contributed by atoms with Crippen LogP contribution in [-0.2, 0) is 14.8 Å². The van der Waals surface area contributed by atoms with E-state index in [-0.39, 0.29) is 22.1 Å². The molecular formula is C28H26N2O5S. The topological polar surface area (TPSA) is 113 Å². The van der Waals surface area contributed by atoms with Crippen molar-refractivity contribution in [3.8, 4) is 11.1 Å². The van der Waals surface area contributed by atoms with E-state index in [4.69, 9.17) is 0 Å². The average molecular weight is 503 g/mol. The quantitative estimate of drug-likeness (QED) is 0.309. The molecule has 0 spiro atoms. The molecule has 0 radical (unpaired) electrons. The Balaban J connectivity index is 1.76. The van der Waals surface area contributed by atoms with Gasteiger partial charge in [0.2, 0.25) is 0 Å². The van der Waals surface area contributed by atoms with Gasteiger partial charge in [-0.25, -0.2) is 13.2 Å². The van der Waals surface area contributed by atoms with Crippen molar-refractivity contribution in [2.45, 2.75) is 24.8 Å². The van der Waals surface area contributed by atoms with Crippen molar-refractivity contribution < 1.29 is 23.1 Å². The molecule has 8 heteroatoms. The highest BCUT2D eigenvalue weighted by molar-refractivity contribution is 7.92. The largest absolute Gasteiger partial charge is 0.480 e. The Morgan fingerprint density at radius 1 is 0.778 bits per heavy atom. The van der Waals surface area contributed by atoms with Crippen LogP contribution in [0.25, 0.3) is 21.9 Å². The van der Waals surface area contributed by atoms with E-state index in [2.05, 4.69) is 10.0 Å². The van der Waals surface area contributed by atoms with Crippen LogP contribution in [0.2, 0.25) is 0 Å². The molecule has 1 amide bonds. The molecule has 4 aromatic rings. The van der Waals surface area contributed by atoms with E-state index in [0.29, 0.717) is 5.56 Å². The second kappa shape index (κ2) is 10.2. The zero-order valence-electron chi connectivity index (χ0n) is 19.8. The summed E-state index contributed by atoms with van der Waals surface area (Å²) in [4.78, 5) is 24.8. The molecule has 0 aliphatic carbocycles. The summed E-state index contributed by atoms with van der Waals surface area (Å²) in [5.41, 5.74) is 1.60. The van der Waals surface area contributed by atoms with Crippen LogP contribution in [0.3, 0.4) is 0 Å². The van der Waals surface area contributed by atoms with Gasteiger partial charge < -0.3 is 10.4 Å². The van der Waals surface area contributed by atoms with Crippen LogP contribution in [0.4, 0.5) is 5.69 Å². The molecule has 4 rings (SSSR count). The first kappa shape index (κ1) is 24.9. The molecule has 0 aliphatic rings. The molecule has 0 saturated heterocycles. The Labute approximate surface area is 209 Å². The first-order valence-corrected chi connectivity index (χ1v) is 12.9. The third-order valence-electron chi connectivity index (χ3n) is 5.87. The second-order valence-corrected chi connectivity index (χ2v) is 10.5. The van der Waals surface area contributed by atoms with Gasteiger partial charge in [0.25, 0.3) is 15.9 Å². The molecule has 4 aromatic carbocycles. The van der Waals surface area contributed by atoms with E-state index < -0.39 is 27.9 Å². The fourth-order valence-corrected chi connectivity index (χ4v) is 5.01. The molecule has 0 fully saturated rings. The van der Waals surface area contributed by atoms with Crippen LogP contribution in [0.5, 0.6) is 0 Å². The van der Waals surface area contributed by atoms with Gasteiger partial charge in [-0.1, -0.05) is 80.6 Å². The Morgan fingerprint density at radius 3 is 2.11 bits per heavy atom. The van der Waals surface area contributed by atoms with Gasteiger partial charge in [-0.2, -0.15) is 0 Å². The number of nitrogens with one attached hydrogen (secondary N) is 2. The molecule has 0 saturated carbocycles. The van der Waals surface area contributed by atoms with Gasteiger partial charge in [0.15, 0.2) is 0 Å². The highest BCUT2D eigenvalue weighted by Crippen LogP contribution is 2.29. The maximum atomic E-state index is 13.4. The SMILES string of the molecule is CC(C)C(NC(=O)c1ccc(-c2ccccc2)cc1NS(=O)(=O)c1ccc2ccccc2c1)C(=O)O. The summed E-state index contributed by atoms with van der Waals surface area (Å²) in [7, 11) is -4.07. The number of carboxylic acid groups (broad SMARTS) is 1. The molecule has 0 heterocycles. The summed E-state index contributed by atoms with van der Waals surface area (Å²) in [5, 5.41) is 13.7.